The van der Waals surface area contributed by atoms with E-state index in [1.165, 1.54) is 117 Å². The molecular formula is C60H66GeS4. The van der Waals surface area contributed by atoms with Gasteiger partial charge in [0, 0.05) is 0 Å². The van der Waals surface area contributed by atoms with E-state index >= 15 is 0 Å². The van der Waals surface area contributed by atoms with Crippen molar-refractivity contribution in [2.45, 2.75) is 119 Å². The minimum absolute atomic E-state index is 0.0630. The summed E-state index contributed by atoms with van der Waals surface area (Å²) >= 11 is 0. The third-order valence-corrected chi connectivity index (χ3v) is 58.1. The van der Waals surface area contributed by atoms with Gasteiger partial charge in [-0.3, -0.25) is 0 Å². The number of aryl methyl sites for hydroxylation is 8. The zero-order valence-corrected chi connectivity index (χ0v) is 46.5. The van der Waals surface area contributed by atoms with Gasteiger partial charge in [0.1, 0.15) is 0 Å². The fourth-order valence-corrected chi connectivity index (χ4v) is 71.2. The van der Waals surface area contributed by atoms with Gasteiger partial charge in [-0.25, -0.2) is 0 Å². The fourth-order valence-electron chi connectivity index (χ4n) is 10.6. The van der Waals surface area contributed by atoms with Gasteiger partial charge in [0.05, 0.1) is 0 Å². The van der Waals surface area contributed by atoms with Crippen molar-refractivity contribution in [3.63, 3.8) is 0 Å². The third-order valence-electron chi connectivity index (χ3n) is 13.9. The first-order valence-corrected chi connectivity index (χ1v) is 35.2. The molecule has 1 saturated heterocycles. The number of hydrogen-bond donors (Lipinski definition) is 0. The van der Waals surface area contributed by atoms with Crippen molar-refractivity contribution < 1.29 is 0 Å². The van der Waals surface area contributed by atoms with Gasteiger partial charge in [-0.1, -0.05) is 0 Å². The van der Waals surface area contributed by atoms with Crippen LogP contribution in [0.5, 0.6) is 0 Å². The van der Waals surface area contributed by atoms with Gasteiger partial charge in [0.15, 0.2) is 0 Å². The summed E-state index contributed by atoms with van der Waals surface area (Å²) in [5.41, 5.74) is 28.8. The van der Waals surface area contributed by atoms with Crippen LogP contribution >= 0.6 is 37.9 Å². The molecule has 334 valence electrons. The quantitative estimate of drug-likeness (QED) is 0.104. The summed E-state index contributed by atoms with van der Waals surface area (Å²) in [7, 11) is 5.44. The maximum absolute atomic E-state index is 3.16. The monoisotopic (exact) mass is 988 g/mol. The van der Waals surface area contributed by atoms with Crippen LogP contribution in [0.1, 0.15) is 114 Å². The maximum atomic E-state index is 2.67. The van der Waals surface area contributed by atoms with E-state index in [9.17, 15) is 0 Å². The van der Waals surface area contributed by atoms with Gasteiger partial charge in [0.2, 0.25) is 0 Å². The van der Waals surface area contributed by atoms with Gasteiger partial charge < -0.3 is 0 Å². The number of benzene rings is 7. The van der Waals surface area contributed by atoms with Gasteiger partial charge in [-0.15, -0.1) is 0 Å². The Morgan fingerprint density at radius 3 is 0.892 bits per heavy atom. The van der Waals surface area contributed by atoms with Crippen LogP contribution < -0.4 is 4.40 Å². The predicted octanol–water partition coefficient (Wildman–Crippen LogP) is 18.4. The summed E-state index contributed by atoms with van der Waals surface area (Å²) in [6.07, 6.45) is 1.72. The van der Waals surface area contributed by atoms with Gasteiger partial charge >= 0.3 is 411 Å². The molecule has 1 heterocycles. The second-order valence-electron chi connectivity index (χ2n) is 20.7. The molecule has 65 heavy (non-hydrogen) atoms. The molecule has 0 bridgehead atoms. The number of rotatable bonds is 9. The van der Waals surface area contributed by atoms with E-state index in [1.807, 2.05) is 19.7 Å². The zero-order chi connectivity index (χ0) is 46.6. The summed E-state index contributed by atoms with van der Waals surface area (Å²) in [4.78, 5) is 0. The van der Waals surface area contributed by atoms with E-state index in [2.05, 4.69) is 236 Å². The second kappa shape index (κ2) is 18.9. The summed E-state index contributed by atoms with van der Waals surface area (Å²) in [6, 6.07) is 46.9. The standard InChI is InChI=1S/C60H66GeS4/c1-37-21-15-22-38(2)54(37)48-29-19-30-49(55-39(3)23-16-24-40(55)4)52(48)35-45-33-47(59(9,10)11)34-46(58(45)61(60(12,13)14)62-64-65-63-61)36-53-50(56-41(5)25-17-26-42(56)6)31-20-32-51(53)57-43(7)27-18-28-44(57)8/h15-34H,35-36H2,1-14H3. The van der Waals surface area contributed by atoms with E-state index in [0.29, 0.717) is 0 Å². The molecule has 5 heteroatoms. The molecule has 0 aliphatic carbocycles. The molecule has 0 radical (unpaired) electrons. The van der Waals surface area contributed by atoms with Crippen LogP contribution in [-0.4, -0.2) is 11.0 Å². The molecule has 0 saturated carbocycles. The molecule has 0 N–H and O–H groups in total. The summed E-state index contributed by atoms with van der Waals surface area (Å²) in [5.74, 6) is 0. The van der Waals surface area contributed by atoms with Crippen LogP contribution in [0.15, 0.2) is 121 Å². The second-order valence-corrected chi connectivity index (χ2v) is 46.3. The molecule has 7 aromatic carbocycles. The van der Waals surface area contributed by atoms with Crippen LogP contribution in [0.3, 0.4) is 0 Å². The topological polar surface area (TPSA) is 0 Å². The summed E-state index contributed by atoms with van der Waals surface area (Å²) in [6.45, 7) is 33.3. The Balaban J connectivity index is 1.51. The van der Waals surface area contributed by atoms with Gasteiger partial charge in [-0.2, -0.15) is 0 Å². The molecule has 0 atom stereocenters. The Morgan fingerprint density at radius 1 is 0.385 bits per heavy atom. The molecule has 0 unspecified atom stereocenters. The van der Waals surface area contributed by atoms with Crippen molar-refractivity contribution in [3.05, 3.63) is 194 Å². The van der Waals surface area contributed by atoms with E-state index in [1.54, 1.807) is 4.40 Å². The average Bonchev–Trinajstić information content (AvgIpc) is 3.74. The fraction of sp³-hybridized carbons (Fsp3) is 0.300. The summed E-state index contributed by atoms with van der Waals surface area (Å²) < 4.78 is 1.80. The van der Waals surface area contributed by atoms with E-state index < -0.39 is 11.0 Å². The summed E-state index contributed by atoms with van der Waals surface area (Å²) in [5, 5.41) is 0. The minimum atomic E-state index is -3.16. The molecule has 0 aromatic heterocycles. The van der Waals surface area contributed by atoms with Crippen LogP contribution in [0.4, 0.5) is 0 Å². The van der Waals surface area contributed by atoms with E-state index in [-0.39, 0.29) is 9.66 Å². The Hall–Kier alpha value is -3.52. The molecule has 0 amide bonds. The van der Waals surface area contributed by atoms with Crippen molar-refractivity contribution in [1.29, 1.82) is 0 Å². The van der Waals surface area contributed by atoms with Crippen molar-refractivity contribution in [2.75, 3.05) is 0 Å². The number of hydrogen-bond acceptors (Lipinski definition) is 4. The predicted molar refractivity (Wildman–Crippen MR) is 299 cm³/mol. The molecule has 0 spiro atoms. The SMILES string of the molecule is Cc1cccc(C)c1-c1cccc(-c2c(C)cccc2C)c1Cc1cc(C(C)(C)C)cc(Cc2c(-c3c(C)cccc3C)cccc2-c2c(C)cccc2C)[c]1[Ge]1([C](C)(C)C)[S]SS[S]1. The molecule has 1 fully saturated rings. The van der Waals surface area contributed by atoms with Gasteiger partial charge in [-0.05, 0) is 0 Å². The Bertz CT molecular complexity index is 2540. The first kappa shape index (κ1) is 48.0. The van der Waals surface area contributed by atoms with Crippen LogP contribution in [0.2, 0.25) is 4.25 Å². The normalized spacial score (nSPS) is 14.0. The van der Waals surface area contributed by atoms with Crippen molar-refractivity contribution in [2.24, 2.45) is 0 Å². The molecular weight excluding hydrogens is 922 g/mol. The third kappa shape index (κ3) is 9.14. The average molecular weight is 988 g/mol. The molecule has 7 aromatic rings. The molecule has 1 aliphatic rings. The Kier molecular flexibility index (Phi) is 13.9. The Morgan fingerprint density at radius 2 is 0.646 bits per heavy atom. The first-order chi connectivity index (χ1) is 30.8. The van der Waals surface area contributed by atoms with Crippen molar-refractivity contribution in [1.82, 2.24) is 0 Å². The Labute approximate surface area is 407 Å². The van der Waals surface area contributed by atoms with Crippen LogP contribution in [0.25, 0.3) is 44.5 Å². The van der Waals surface area contributed by atoms with E-state index in [4.69, 9.17) is 0 Å². The van der Waals surface area contributed by atoms with Crippen LogP contribution in [0, 0.1) is 55.4 Å². The van der Waals surface area contributed by atoms with Crippen LogP contribution in [-0.2, 0) is 18.3 Å². The van der Waals surface area contributed by atoms with Crippen molar-refractivity contribution in [3.8, 4) is 44.5 Å². The molecule has 8 rings (SSSR count). The zero-order valence-electron chi connectivity index (χ0n) is 41.1. The van der Waals surface area contributed by atoms with Gasteiger partial charge in [0.25, 0.3) is 0 Å². The molecule has 1 aliphatic heterocycles. The molecule has 0 nitrogen and oxygen atoms in total. The van der Waals surface area contributed by atoms with Crippen molar-refractivity contribution >= 4 is 53.3 Å². The van der Waals surface area contributed by atoms with E-state index in [0.717, 1.165) is 12.8 Å². The first-order valence-electron chi connectivity index (χ1n) is 23.2.